The van der Waals surface area contributed by atoms with E-state index in [4.69, 9.17) is 5.11 Å². The summed E-state index contributed by atoms with van der Waals surface area (Å²) >= 11 is 0. The fourth-order valence-corrected chi connectivity index (χ4v) is 1.21. The number of hydrogen-bond acceptors (Lipinski definition) is 2. The average Bonchev–Trinajstić information content (AvgIpc) is 1.90. The molecule has 0 amide bonds. The summed E-state index contributed by atoms with van der Waals surface area (Å²) in [5, 5.41) is 12.0. The number of piperidine rings is 1. The first-order valence-corrected chi connectivity index (χ1v) is 3.67. The van der Waals surface area contributed by atoms with E-state index in [0.717, 1.165) is 18.9 Å². The second-order valence-corrected chi connectivity index (χ2v) is 2.97. The van der Waals surface area contributed by atoms with Crippen molar-refractivity contribution in [2.75, 3.05) is 13.2 Å². The molecule has 1 aliphatic heterocycles. The third kappa shape index (κ3) is 1.95. The minimum Gasteiger partial charge on any atom is -0.395 e. The van der Waals surface area contributed by atoms with Crippen LogP contribution in [0.15, 0.2) is 0 Å². The normalized spacial score (nSPS) is 36.7. The fraction of sp³-hybridized carbons (Fsp3) is 1.00. The monoisotopic (exact) mass is 129 g/mol. The van der Waals surface area contributed by atoms with Gasteiger partial charge in [0.25, 0.3) is 0 Å². The maximum Gasteiger partial charge on any atom is 0.0584 e. The summed E-state index contributed by atoms with van der Waals surface area (Å²) in [7, 11) is 0. The molecule has 0 aromatic carbocycles. The third-order valence-electron chi connectivity index (χ3n) is 1.98. The summed E-state index contributed by atoms with van der Waals surface area (Å²) in [6.07, 6.45) is 2.40. The van der Waals surface area contributed by atoms with Gasteiger partial charge < -0.3 is 10.4 Å². The Kier molecular flexibility index (Phi) is 2.49. The summed E-state index contributed by atoms with van der Waals surface area (Å²) in [6, 6.07) is 0.376. The molecule has 1 aliphatic rings. The minimum atomic E-state index is 0.298. The molecule has 0 aromatic rings. The molecular weight excluding hydrogens is 114 g/mol. The van der Waals surface area contributed by atoms with E-state index in [9.17, 15) is 0 Å². The zero-order chi connectivity index (χ0) is 6.69. The Morgan fingerprint density at radius 3 is 2.78 bits per heavy atom. The first-order valence-electron chi connectivity index (χ1n) is 3.67. The van der Waals surface area contributed by atoms with Crippen molar-refractivity contribution in [1.82, 2.24) is 5.32 Å². The summed E-state index contributed by atoms with van der Waals surface area (Å²) in [5.41, 5.74) is 0. The molecule has 2 nitrogen and oxygen atoms in total. The lowest BCUT2D eigenvalue weighted by molar-refractivity contribution is 0.203. The Balaban J connectivity index is 2.18. The van der Waals surface area contributed by atoms with E-state index < -0.39 is 0 Å². The minimum absolute atomic E-state index is 0.298. The van der Waals surface area contributed by atoms with Crippen molar-refractivity contribution < 1.29 is 5.11 Å². The number of aliphatic hydroxyl groups is 1. The van der Waals surface area contributed by atoms with Crippen molar-refractivity contribution in [2.24, 2.45) is 5.92 Å². The molecule has 0 spiro atoms. The van der Waals surface area contributed by atoms with E-state index in [1.54, 1.807) is 0 Å². The lowest BCUT2D eigenvalue weighted by atomic mass is 9.97. The zero-order valence-corrected chi connectivity index (χ0v) is 5.93. The third-order valence-corrected chi connectivity index (χ3v) is 1.98. The van der Waals surface area contributed by atoms with Crippen LogP contribution in [0.1, 0.15) is 19.8 Å². The lowest BCUT2D eigenvalue weighted by Gasteiger charge is -2.25. The quantitative estimate of drug-likeness (QED) is 0.536. The molecule has 0 radical (unpaired) electrons. The first-order chi connectivity index (χ1) is 4.33. The van der Waals surface area contributed by atoms with E-state index in [0.29, 0.717) is 12.6 Å². The Bertz CT molecular complexity index is 77.0. The van der Waals surface area contributed by atoms with Crippen LogP contribution in [0.2, 0.25) is 0 Å². The molecule has 1 fully saturated rings. The summed E-state index contributed by atoms with van der Waals surface area (Å²) in [5.74, 6) is 0.799. The molecule has 0 bridgehead atoms. The van der Waals surface area contributed by atoms with Gasteiger partial charge in [-0.25, -0.2) is 0 Å². The molecule has 0 aliphatic carbocycles. The highest BCUT2D eigenvalue weighted by Crippen LogP contribution is 2.12. The smallest absolute Gasteiger partial charge is 0.0584 e. The number of nitrogens with one attached hydrogen (secondary N) is 1. The van der Waals surface area contributed by atoms with Crippen LogP contribution in [-0.4, -0.2) is 24.3 Å². The molecule has 2 unspecified atom stereocenters. The Labute approximate surface area is 56.3 Å². The van der Waals surface area contributed by atoms with Crippen molar-refractivity contribution >= 4 is 0 Å². The van der Waals surface area contributed by atoms with E-state index in [-0.39, 0.29) is 0 Å². The molecule has 0 saturated carbocycles. The molecule has 2 atom stereocenters. The van der Waals surface area contributed by atoms with Crippen molar-refractivity contribution in [2.45, 2.75) is 25.8 Å². The highest BCUT2D eigenvalue weighted by atomic mass is 16.3. The zero-order valence-electron chi connectivity index (χ0n) is 5.93. The van der Waals surface area contributed by atoms with Gasteiger partial charge in [-0.05, 0) is 25.3 Å². The molecule has 2 N–H and O–H groups in total. The van der Waals surface area contributed by atoms with Gasteiger partial charge in [0, 0.05) is 6.04 Å². The highest BCUT2D eigenvalue weighted by molar-refractivity contribution is 4.74. The predicted octanol–water partition coefficient (Wildman–Crippen LogP) is 0.367. The van der Waals surface area contributed by atoms with Crippen molar-refractivity contribution in [1.29, 1.82) is 0 Å². The predicted molar refractivity (Wildman–Crippen MR) is 37.3 cm³/mol. The molecule has 54 valence electrons. The average molecular weight is 129 g/mol. The van der Waals surface area contributed by atoms with Crippen LogP contribution in [0.3, 0.4) is 0 Å². The molecule has 9 heavy (non-hydrogen) atoms. The molecule has 1 rings (SSSR count). The molecular formula is C7H15NO. The fourth-order valence-electron chi connectivity index (χ4n) is 1.21. The maximum absolute atomic E-state index is 8.71. The molecule has 2 heteroatoms. The second kappa shape index (κ2) is 3.18. The van der Waals surface area contributed by atoms with Crippen LogP contribution in [0, 0.1) is 5.92 Å². The van der Waals surface area contributed by atoms with Gasteiger partial charge in [0.15, 0.2) is 0 Å². The van der Waals surface area contributed by atoms with Crippen LogP contribution >= 0.6 is 0 Å². The van der Waals surface area contributed by atoms with Crippen LogP contribution in [-0.2, 0) is 0 Å². The molecule has 0 aromatic heterocycles. The topological polar surface area (TPSA) is 32.3 Å². The van der Waals surface area contributed by atoms with Gasteiger partial charge in [-0.1, -0.05) is 6.92 Å². The van der Waals surface area contributed by atoms with Crippen molar-refractivity contribution in [3.8, 4) is 0 Å². The number of rotatable bonds is 1. The van der Waals surface area contributed by atoms with Crippen LogP contribution in [0.5, 0.6) is 0 Å². The standard InChI is InChI=1S/C7H15NO/c1-6-2-3-7(5-9)8-4-6/h6-9H,2-5H2,1H3. The van der Waals surface area contributed by atoms with Crippen LogP contribution in [0.25, 0.3) is 0 Å². The largest absolute Gasteiger partial charge is 0.395 e. The second-order valence-electron chi connectivity index (χ2n) is 2.97. The van der Waals surface area contributed by atoms with Crippen LogP contribution in [0.4, 0.5) is 0 Å². The maximum atomic E-state index is 8.71. The van der Waals surface area contributed by atoms with Gasteiger partial charge in [0.2, 0.25) is 0 Å². The first kappa shape index (κ1) is 7.03. The van der Waals surface area contributed by atoms with Crippen molar-refractivity contribution in [3.63, 3.8) is 0 Å². The van der Waals surface area contributed by atoms with E-state index in [1.807, 2.05) is 0 Å². The Hall–Kier alpha value is -0.0800. The Morgan fingerprint density at radius 2 is 2.33 bits per heavy atom. The van der Waals surface area contributed by atoms with Gasteiger partial charge >= 0.3 is 0 Å². The summed E-state index contributed by atoms with van der Waals surface area (Å²) < 4.78 is 0. The highest BCUT2D eigenvalue weighted by Gasteiger charge is 2.15. The van der Waals surface area contributed by atoms with Gasteiger partial charge in [0.05, 0.1) is 6.61 Å². The van der Waals surface area contributed by atoms with E-state index >= 15 is 0 Å². The molecule has 1 saturated heterocycles. The van der Waals surface area contributed by atoms with Crippen molar-refractivity contribution in [3.05, 3.63) is 0 Å². The van der Waals surface area contributed by atoms with E-state index in [2.05, 4.69) is 12.2 Å². The van der Waals surface area contributed by atoms with Gasteiger partial charge in [-0.3, -0.25) is 0 Å². The summed E-state index contributed by atoms with van der Waals surface area (Å²) in [6.45, 7) is 3.61. The van der Waals surface area contributed by atoms with Gasteiger partial charge in [-0.2, -0.15) is 0 Å². The SMILES string of the molecule is CC1CCC(CO)NC1. The number of hydrogen-bond donors (Lipinski definition) is 2. The van der Waals surface area contributed by atoms with Crippen LogP contribution < -0.4 is 5.32 Å². The Morgan fingerprint density at radius 1 is 1.56 bits per heavy atom. The lowest BCUT2D eigenvalue weighted by Crippen LogP contribution is -2.40. The van der Waals surface area contributed by atoms with E-state index in [1.165, 1.54) is 6.42 Å². The summed E-state index contributed by atoms with van der Waals surface area (Å²) in [4.78, 5) is 0. The van der Waals surface area contributed by atoms with Gasteiger partial charge in [0.1, 0.15) is 0 Å². The number of aliphatic hydroxyl groups excluding tert-OH is 1. The molecule has 1 heterocycles. The van der Waals surface area contributed by atoms with Gasteiger partial charge in [-0.15, -0.1) is 0 Å².